The van der Waals surface area contributed by atoms with Crippen LogP contribution in [-0.2, 0) is 16.1 Å². The summed E-state index contributed by atoms with van der Waals surface area (Å²) in [5.74, 6) is 0.956. The van der Waals surface area contributed by atoms with E-state index in [1.165, 1.54) is 6.42 Å². The van der Waals surface area contributed by atoms with Crippen molar-refractivity contribution in [2.45, 2.75) is 57.7 Å². The number of methoxy groups -OCH3 is 1. The van der Waals surface area contributed by atoms with Gasteiger partial charge in [-0.15, -0.1) is 0 Å². The van der Waals surface area contributed by atoms with Crippen LogP contribution in [0.1, 0.15) is 44.6 Å². The zero-order valence-electron chi connectivity index (χ0n) is 18.4. The Morgan fingerprint density at radius 3 is 2.29 bits per heavy atom. The van der Waals surface area contributed by atoms with Gasteiger partial charge in [0.2, 0.25) is 5.91 Å². The summed E-state index contributed by atoms with van der Waals surface area (Å²) >= 11 is 0. The second-order valence-electron chi connectivity index (χ2n) is 7.99. The van der Waals surface area contributed by atoms with E-state index in [1.807, 2.05) is 30.3 Å². The summed E-state index contributed by atoms with van der Waals surface area (Å²) in [7, 11) is 1.60. The molecule has 0 heterocycles. The van der Waals surface area contributed by atoms with Gasteiger partial charge in [0.25, 0.3) is 5.91 Å². The van der Waals surface area contributed by atoms with Crippen LogP contribution >= 0.6 is 0 Å². The maximum Gasteiger partial charge on any atom is 0.261 e. The van der Waals surface area contributed by atoms with Crippen molar-refractivity contribution in [3.05, 3.63) is 60.2 Å². The third kappa shape index (κ3) is 6.74. The number of carbonyl (C=O) groups excluding carboxylic acids is 2. The number of nitrogens with zero attached hydrogens (tertiary/aromatic N) is 1. The minimum absolute atomic E-state index is 0.111. The molecule has 0 spiro atoms. The quantitative estimate of drug-likeness (QED) is 0.662. The van der Waals surface area contributed by atoms with Crippen LogP contribution in [0.15, 0.2) is 54.6 Å². The van der Waals surface area contributed by atoms with E-state index < -0.39 is 6.04 Å². The van der Waals surface area contributed by atoms with E-state index in [2.05, 4.69) is 5.32 Å². The molecule has 0 aliphatic heterocycles. The summed E-state index contributed by atoms with van der Waals surface area (Å²) in [6, 6.07) is 16.4. The molecule has 0 unspecified atom stereocenters. The van der Waals surface area contributed by atoms with Gasteiger partial charge in [-0.2, -0.15) is 0 Å². The van der Waals surface area contributed by atoms with Gasteiger partial charge in [0, 0.05) is 12.6 Å². The Morgan fingerprint density at radius 1 is 1.00 bits per heavy atom. The van der Waals surface area contributed by atoms with Gasteiger partial charge in [-0.25, -0.2) is 0 Å². The predicted octanol–water partition coefficient (Wildman–Crippen LogP) is 3.94. The lowest BCUT2D eigenvalue weighted by Gasteiger charge is -2.31. The van der Waals surface area contributed by atoms with Crippen molar-refractivity contribution in [2.24, 2.45) is 0 Å². The zero-order chi connectivity index (χ0) is 22.1. The van der Waals surface area contributed by atoms with Crippen molar-refractivity contribution < 1.29 is 19.1 Å². The fourth-order valence-electron chi connectivity index (χ4n) is 3.83. The highest BCUT2D eigenvalue weighted by molar-refractivity contribution is 5.88. The molecule has 0 saturated heterocycles. The van der Waals surface area contributed by atoms with Crippen molar-refractivity contribution in [1.29, 1.82) is 0 Å². The number of benzene rings is 2. The summed E-state index contributed by atoms with van der Waals surface area (Å²) in [6.07, 6.45) is 5.52. The van der Waals surface area contributed by atoms with Crippen LogP contribution in [0.3, 0.4) is 0 Å². The maximum atomic E-state index is 13.1. The molecular formula is C25H32N2O4. The summed E-state index contributed by atoms with van der Waals surface area (Å²) in [5.41, 5.74) is 0.970. The standard InChI is InChI=1S/C25H32N2O4/c1-19(25(29)26-21-11-7-4-8-12-21)27(17-20-9-5-3-6-10-20)24(28)18-31-23-15-13-22(30-2)14-16-23/h3,5-6,9-10,13-16,19,21H,4,7-8,11-12,17-18H2,1-2H3,(H,26,29)/t19-/m0/s1. The van der Waals surface area contributed by atoms with Gasteiger partial charge >= 0.3 is 0 Å². The third-order valence-electron chi connectivity index (χ3n) is 5.74. The Labute approximate surface area is 184 Å². The first-order chi connectivity index (χ1) is 15.1. The molecule has 31 heavy (non-hydrogen) atoms. The van der Waals surface area contributed by atoms with E-state index in [1.54, 1.807) is 43.2 Å². The van der Waals surface area contributed by atoms with Crippen LogP contribution in [0.2, 0.25) is 0 Å². The molecule has 1 saturated carbocycles. The van der Waals surface area contributed by atoms with Crippen LogP contribution in [0.5, 0.6) is 11.5 Å². The minimum atomic E-state index is -0.589. The molecule has 0 bridgehead atoms. The van der Waals surface area contributed by atoms with Crippen LogP contribution in [0.25, 0.3) is 0 Å². The molecule has 1 N–H and O–H groups in total. The summed E-state index contributed by atoms with van der Waals surface area (Å²) in [4.78, 5) is 27.6. The topological polar surface area (TPSA) is 67.9 Å². The van der Waals surface area contributed by atoms with Crippen LogP contribution < -0.4 is 14.8 Å². The number of carbonyl (C=O) groups is 2. The van der Waals surface area contributed by atoms with Crippen molar-refractivity contribution in [3.8, 4) is 11.5 Å². The lowest BCUT2D eigenvalue weighted by molar-refractivity contribution is -0.142. The van der Waals surface area contributed by atoms with Crippen molar-refractivity contribution in [2.75, 3.05) is 13.7 Å². The van der Waals surface area contributed by atoms with Crippen LogP contribution in [0, 0.1) is 0 Å². The average molecular weight is 425 g/mol. The van der Waals surface area contributed by atoms with Gasteiger partial charge in [0.05, 0.1) is 7.11 Å². The molecule has 3 rings (SSSR count). The normalized spacial score (nSPS) is 15.0. The van der Waals surface area contributed by atoms with E-state index in [0.29, 0.717) is 12.3 Å². The molecule has 1 fully saturated rings. The number of amides is 2. The fraction of sp³-hybridized carbons (Fsp3) is 0.440. The molecule has 1 aliphatic carbocycles. The molecule has 166 valence electrons. The minimum Gasteiger partial charge on any atom is -0.497 e. The van der Waals surface area contributed by atoms with E-state index in [0.717, 1.165) is 37.0 Å². The first kappa shape index (κ1) is 22.7. The number of rotatable bonds is 9. The van der Waals surface area contributed by atoms with Gasteiger partial charge < -0.3 is 19.7 Å². The summed E-state index contributed by atoms with van der Waals surface area (Å²) in [5, 5.41) is 3.14. The van der Waals surface area contributed by atoms with Gasteiger partial charge in [0.15, 0.2) is 6.61 Å². The number of hydrogen-bond acceptors (Lipinski definition) is 4. The smallest absolute Gasteiger partial charge is 0.261 e. The van der Waals surface area contributed by atoms with Gasteiger partial charge in [0.1, 0.15) is 17.5 Å². The Kier molecular flexibility index (Phi) is 8.33. The molecule has 2 amide bonds. The first-order valence-electron chi connectivity index (χ1n) is 11.0. The van der Waals surface area contributed by atoms with E-state index in [4.69, 9.17) is 9.47 Å². The third-order valence-corrected chi connectivity index (χ3v) is 5.74. The lowest BCUT2D eigenvalue weighted by Crippen LogP contribution is -2.51. The molecule has 0 aromatic heterocycles. The fourth-order valence-corrected chi connectivity index (χ4v) is 3.83. The largest absolute Gasteiger partial charge is 0.497 e. The molecule has 1 aliphatic rings. The number of hydrogen-bond donors (Lipinski definition) is 1. The second-order valence-corrected chi connectivity index (χ2v) is 7.99. The molecule has 6 heteroatoms. The molecule has 2 aromatic carbocycles. The van der Waals surface area contributed by atoms with E-state index >= 15 is 0 Å². The molecular weight excluding hydrogens is 392 g/mol. The number of ether oxygens (including phenoxy) is 2. The van der Waals surface area contributed by atoms with Crippen LogP contribution in [-0.4, -0.2) is 42.5 Å². The van der Waals surface area contributed by atoms with Crippen molar-refractivity contribution in [1.82, 2.24) is 10.2 Å². The molecule has 1 atom stereocenters. The highest BCUT2D eigenvalue weighted by Crippen LogP contribution is 2.19. The Balaban J connectivity index is 1.66. The van der Waals surface area contributed by atoms with E-state index in [-0.39, 0.29) is 24.5 Å². The van der Waals surface area contributed by atoms with Crippen LogP contribution in [0.4, 0.5) is 0 Å². The Bertz CT molecular complexity index is 832. The second kappa shape index (κ2) is 11.4. The number of nitrogens with one attached hydrogen (secondary N) is 1. The average Bonchev–Trinajstić information content (AvgIpc) is 2.82. The maximum absolute atomic E-state index is 13.1. The lowest BCUT2D eigenvalue weighted by atomic mass is 9.95. The monoisotopic (exact) mass is 424 g/mol. The molecule has 6 nitrogen and oxygen atoms in total. The molecule has 0 radical (unpaired) electrons. The SMILES string of the molecule is COc1ccc(OCC(=O)N(Cc2ccccc2)[C@@H](C)C(=O)NC2CCCCC2)cc1. The van der Waals surface area contributed by atoms with Crippen molar-refractivity contribution >= 4 is 11.8 Å². The first-order valence-corrected chi connectivity index (χ1v) is 11.0. The predicted molar refractivity (Wildman–Crippen MR) is 120 cm³/mol. The Hall–Kier alpha value is -3.02. The summed E-state index contributed by atoms with van der Waals surface area (Å²) < 4.78 is 10.8. The van der Waals surface area contributed by atoms with Gasteiger partial charge in [-0.3, -0.25) is 9.59 Å². The zero-order valence-corrected chi connectivity index (χ0v) is 18.4. The Morgan fingerprint density at radius 2 is 1.65 bits per heavy atom. The summed E-state index contributed by atoms with van der Waals surface area (Å²) in [6.45, 7) is 2.00. The van der Waals surface area contributed by atoms with Gasteiger partial charge in [-0.05, 0) is 49.6 Å². The highest BCUT2D eigenvalue weighted by atomic mass is 16.5. The highest BCUT2D eigenvalue weighted by Gasteiger charge is 2.28. The van der Waals surface area contributed by atoms with E-state index in [9.17, 15) is 9.59 Å². The molecule has 2 aromatic rings. The van der Waals surface area contributed by atoms with Crippen molar-refractivity contribution in [3.63, 3.8) is 0 Å². The van der Waals surface area contributed by atoms with Gasteiger partial charge in [-0.1, -0.05) is 49.6 Å².